The smallest absolute Gasteiger partial charge is 0.348 e. The minimum absolute atomic E-state index is 0.0687. The fraction of sp³-hybridized carbons (Fsp3) is 0.211. The molecular weight excluding hydrogens is 371 g/mol. The Bertz CT molecular complexity index is 901. The highest BCUT2D eigenvalue weighted by molar-refractivity contribution is 7.18. The van der Waals surface area contributed by atoms with Crippen LogP contribution in [0.3, 0.4) is 0 Å². The summed E-state index contributed by atoms with van der Waals surface area (Å²) in [5.41, 5.74) is 6.45. The molecule has 0 saturated carbocycles. The molecule has 27 heavy (non-hydrogen) atoms. The van der Waals surface area contributed by atoms with Gasteiger partial charge in [-0.1, -0.05) is 12.1 Å². The standard InChI is InChI=1S/C19H19FN2O4S/c1-10(2)26-19(25)16-11(3)15(17(21)24)18(27-16)22-14(23)9-6-12-4-7-13(20)8-5-12/h4-10H,1-3H3,(H2,21,24)(H,22,23)/b9-6-. The van der Waals surface area contributed by atoms with E-state index >= 15 is 0 Å². The number of esters is 1. The molecule has 0 aliphatic rings. The van der Waals surface area contributed by atoms with E-state index in [1.807, 2.05) is 0 Å². The summed E-state index contributed by atoms with van der Waals surface area (Å²) in [6.45, 7) is 4.98. The zero-order valence-corrected chi connectivity index (χ0v) is 15.9. The Morgan fingerprint density at radius 1 is 1.22 bits per heavy atom. The summed E-state index contributed by atoms with van der Waals surface area (Å²) < 4.78 is 18.0. The fourth-order valence-corrected chi connectivity index (χ4v) is 3.36. The summed E-state index contributed by atoms with van der Waals surface area (Å²) in [6, 6.07) is 5.59. The normalized spacial score (nSPS) is 11.0. The Morgan fingerprint density at radius 3 is 2.41 bits per heavy atom. The van der Waals surface area contributed by atoms with Gasteiger partial charge in [-0.25, -0.2) is 9.18 Å². The van der Waals surface area contributed by atoms with Gasteiger partial charge in [-0.15, -0.1) is 11.3 Å². The molecule has 1 heterocycles. The summed E-state index contributed by atoms with van der Waals surface area (Å²) in [4.78, 5) is 36.3. The summed E-state index contributed by atoms with van der Waals surface area (Å²) in [5.74, 6) is -2.24. The Kier molecular flexibility index (Phi) is 6.46. The van der Waals surface area contributed by atoms with Crippen LogP contribution in [0.15, 0.2) is 30.3 Å². The highest BCUT2D eigenvalue weighted by Crippen LogP contribution is 2.33. The van der Waals surface area contributed by atoms with Crippen LogP contribution in [0.5, 0.6) is 0 Å². The number of carbonyl (C=O) groups is 3. The molecule has 2 amide bonds. The molecule has 0 atom stereocenters. The molecule has 0 spiro atoms. The second kappa shape index (κ2) is 8.59. The molecule has 8 heteroatoms. The van der Waals surface area contributed by atoms with E-state index < -0.39 is 17.8 Å². The van der Waals surface area contributed by atoms with Gasteiger partial charge < -0.3 is 15.8 Å². The van der Waals surface area contributed by atoms with Crippen LogP contribution in [0.25, 0.3) is 6.08 Å². The van der Waals surface area contributed by atoms with E-state index in [1.165, 1.54) is 36.4 Å². The van der Waals surface area contributed by atoms with Crippen molar-refractivity contribution >= 4 is 40.2 Å². The van der Waals surface area contributed by atoms with E-state index in [0.717, 1.165) is 11.3 Å². The number of nitrogens with one attached hydrogen (secondary N) is 1. The quantitative estimate of drug-likeness (QED) is 0.582. The van der Waals surface area contributed by atoms with Crippen molar-refractivity contribution < 1.29 is 23.5 Å². The van der Waals surface area contributed by atoms with Crippen LogP contribution in [-0.2, 0) is 9.53 Å². The molecule has 142 valence electrons. The Balaban J connectivity index is 2.23. The largest absolute Gasteiger partial charge is 0.459 e. The Hall–Kier alpha value is -3.00. The number of hydrogen-bond donors (Lipinski definition) is 2. The van der Waals surface area contributed by atoms with Crippen LogP contribution < -0.4 is 11.1 Å². The number of primary amides is 1. The molecular formula is C19H19FN2O4S. The van der Waals surface area contributed by atoms with Gasteiger partial charge in [-0.05, 0) is 50.1 Å². The maximum Gasteiger partial charge on any atom is 0.348 e. The monoisotopic (exact) mass is 390 g/mol. The molecule has 0 aliphatic carbocycles. The first-order chi connectivity index (χ1) is 12.7. The van der Waals surface area contributed by atoms with Gasteiger partial charge in [-0.2, -0.15) is 0 Å². The van der Waals surface area contributed by atoms with Crippen molar-refractivity contribution in [3.63, 3.8) is 0 Å². The topological polar surface area (TPSA) is 98.5 Å². The number of amides is 2. The number of nitrogens with two attached hydrogens (primary N) is 1. The molecule has 2 rings (SSSR count). The fourth-order valence-electron chi connectivity index (χ4n) is 2.26. The molecule has 0 fully saturated rings. The number of ether oxygens (including phenoxy) is 1. The van der Waals surface area contributed by atoms with Crippen molar-refractivity contribution in [3.8, 4) is 0 Å². The maximum absolute atomic E-state index is 12.9. The van der Waals surface area contributed by atoms with Gasteiger partial charge >= 0.3 is 5.97 Å². The van der Waals surface area contributed by atoms with Crippen molar-refractivity contribution in [2.75, 3.05) is 5.32 Å². The zero-order chi connectivity index (χ0) is 20.1. The molecule has 1 aromatic heterocycles. The van der Waals surface area contributed by atoms with Crippen molar-refractivity contribution in [1.29, 1.82) is 0 Å². The minimum Gasteiger partial charge on any atom is -0.459 e. The van der Waals surface area contributed by atoms with Gasteiger partial charge in [0, 0.05) is 6.08 Å². The molecule has 2 aromatic rings. The second-order valence-corrected chi connectivity index (χ2v) is 6.97. The number of carbonyl (C=O) groups excluding carboxylic acids is 3. The molecule has 0 bridgehead atoms. The van der Waals surface area contributed by atoms with Crippen LogP contribution in [-0.4, -0.2) is 23.9 Å². The van der Waals surface area contributed by atoms with E-state index in [-0.39, 0.29) is 27.4 Å². The lowest BCUT2D eigenvalue weighted by atomic mass is 10.1. The van der Waals surface area contributed by atoms with Crippen molar-refractivity contribution in [3.05, 3.63) is 57.7 Å². The molecule has 0 radical (unpaired) electrons. The van der Waals surface area contributed by atoms with Crippen LogP contribution in [0.2, 0.25) is 0 Å². The summed E-state index contributed by atoms with van der Waals surface area (Å²) in [7, 11) is 0. The van der Waals surface area contributed by atoms with Crippen LogP contribution >= 0.6 is 11.3 Å². The van der Waals surface area contributed by atoms with Crippen LogP contribution in [0.4, 0.5) is 9.39 Å². The number of hydrogen-bond acceptors (Lipinski definition) is 5. The van der Waals surface area contributed by atoms with Crippen LogP contribution in [0, 0.1) is 12.7 Å². The average Bonchev–Trinajstić information content (AvgIpc) is 2.90. The summed E-state index contributed by atoms with van der Waals surface area (Å²) in [5, 5.41) is 2.72. The highest BCUT2D eigenvalue weighted by atomic mass is 32.1. The number of halogens is 1. The van der Waals surface area contributed by atoms with Gasteiger partial charge in [0.1, 0.15) is 15.7 Å². The first kappa shape index (κ1) is 20.3. The highest BCUT2D eigenvalue weighted by Gasteiger charge is 2.25. The van der Waals surface area contributed by atoms with E-state index in [9.17, 15) is 18.8 Å². The lowest BCUT2D eigenvalue weighted by molar-refractivity contribution is -0.111. The predicted molar refractivity (Wildman–Crippen MR) is 102 cm³/mol. The molecule has 0 unspecified atom stereocenters. The zero-order valence-electron chi connectivity index (χ0n) is 15.0. The predicted octanol–water partition coefficient (Wildman–Crippen LogP) is 3.51. The van der Waals surface area contributed by atoms with Crippen molar-refractivity contribution in [2.45, 2.75) is 26.9 Å². The average molecular weight is 390 g/mol. The summed E-state index contributed by atoms with van der Waals surface area (Å²) in [6.07, 6.45) is 2.40. The van der Waals surface area contributed by atoms with Crippen LogP contribution in [0.1, 0.15) is 45.0 Å². The first-order valence-electron chi connectivity index (χ1n) is 8.07. The lowest BCUT2D eigenvalue weighted by Crippen LogP contribution is -2.16. The van der Waals surface area contributed by atoms with E-state index in [0.29, 0.717) is 11.1 Å². The lowest BCUT2D eigenvalue weighted by Gasteiger charge is -2.06. The molecule has 3 N–H and O–H groups in total. The van der Waals surface area contributed by atoms with Gasteiger partial charge in [0.05, 0.1) is 11.7 Å². The second-order valence-electron chi connectivity index (χ2n) is 5.95. The third kappa shape index (κ3) is 5.24. The number of thiophene rings is 1. The van der Waals surface area contributed by atoms with Gasteiger partial charge in [0.15, 0.2) is 0 Å². The number of anilines is 1. The van der Waals surface area contributed by atoms with E-state index in [4.69, 9.17) is 10.5 Å². The first-order valence-corrected chi connectivity index (χ1v) is 8.89. The van der Waals surface area contributed by atoms with Crippen molar-refractivity contribution in [1.82, 2.24) is 0 Å². The molecule has 6 nitrogen and oxygen atoms in total. The van der Waals surface area contributed by atoms with E-state index in [2.05, 4.69) is 5.32 Å². The third-order valence-electron chi connectivity index (χ3n) is 3.46. The van der Waals surface area contributed by atoms with Gasteiger partial charge in [0.25, 0.3) is 5.91 Å². The minimum atomic E-state index is -0.759. The molecule has 0 saturated heterocycles. The maximum atomic E-state index is 12.9. The Labute approximate surface area is 159 Å². The molecule has 0 aliphatic heterocycles. The Morgan fingerprint density at radius 2 is 1.85 bits per heavy atom. The van der Waals surface area contributed by atoms with Gasteiger partial charge in [0.2, 0.25) is 5.91 Å². The SMILES string of the molecule is Cc1c(C(=O)OC(C)C)sc(NC(=O)/C=C\c2ccc(F)cc2)c1C(N)=O. The van der Waals surface area contributed by atoms with E-state index in [1.54, 1.807) is 20.8 Å². The molecule has 1 aromatic carbocycles. The summed E-state index contributed by atoms with van der Waals surface area (Å²) >= 11 is 0.926. The van der Waals surface area contributed by atoms with Crippen molar-refractivity contribution in [2.24, 2.45) is 5.73 Å². The third-order valence-corrected chi connectivity index (χ3v) is 4.64. The number of rotatable bonds is 6. The number of benzene rings is 1. The van der Waals surface area contributed by atoms with Gasteiger partial charge in [-0.3, -0.25) is 9.59 Å².